The monoisotopic (exact) mass is 263 g/mol. The van der Waals surface area contributed by atoms with Gasteiger partial charge in [-0.15, -0.1) is 0 Å². The molecule has 104 valence electrons. The summed E-state index contributed by atoms with van der Waals surface area (Å²) in [6.45, 7) is 2.86. The zero-order valence-electron chi connectivity index (χ0n) is 11.6. The average molecular weight is 263 g/mol. The number of methoxy groups -OCH3 is 1. The van der Waals surface area contributed by atoms with Crippen molar-refractivity contribution in [1.82, 2.24) is 14.9 Å². The van der Waals surface area contributed by atoms with Crippen molar-refractivity contribution >= 4 is 11.0 Å². The van der Waals surface area contributed by atoms with Gasteiger partial charge in [0, 0.05) is 20.7 Å². The van der Waals surface area contributed by atoms with Gasteiger partial charge >= 0.3 is 0 Å². The zero-order valence-corrected chi connectivity index (χ0v) is 11.6. The predicted molar refractivity (Wildman–Crippen MR) is 75.0 cm³/mol. The molecule has 5 heteroatoms. The van der Waals surface area contributed by atoms with Gasteiger partial charge in [-0.1, -0.05) is 12.1 Å². The van der Waals surface area contributed by atoms with Crippen LogP contribution in [0.5, 0.6) is 0 Å². The number of imidazole rings is 1. The van der Waals surface area contributed by atoms with Crippen molar-refractivity contribution < 1.29 is 9.84 Å². The molecule has 0 bridgehead atoms. The van der Waals surface area contributed by atoms with Crippen LogP contribution in [0.15, 0.2) is 24.3 Å². The molecule has 0 aliphatic heterocycles. The second kappa shape index (κ2) is 6.14. The number of aliphatic hydroxyl groups excluding tert-OH is 1. The smallest absolute Gasteiger partial charge is 0.126 e. The van der Waals surface area contributed by atoms with Gasteiger partial charge in [0.05, 0.1) is 29.8 Å². The number of aromatic nitrogens is 2. The number of hydrogen-bond acceptors (Lipinski definition) is 4. The molecule has 0 saturated carbocycles. The summed E-state index contributed by atoms with van der Waals surface area (Å²) >= 11 is 0. The summed E-state index contributed by atoms with van der Waals surface area (Å²) in [5.41, 5.74) is 2.11. The fourth-order valence-electron chi connectivity index (χ4n) is 2.21. The van der Waals surface area contributed by atoms with Crippen LogP contribution in [0, 0.1) is 0 Å². The second-order valence-corrected chi connectivity index (χ2v) is 4.76. The van der Waals surface area contributed by atoms with Gasteiger partial charge in [-0.3, -0.25) is 0 Å². The van der Waals surface area contributed by atoms with Crippen LogP contribution in [0.1, 0.15) is 18.8 Å². The number of aryl methyl sites for hydroxylation is 1. The third-order valence-corrected chi connectivity index (χ3v) is 3.23. The third kappa shape index (κ3) is 3.12. The maximum Gasteiger partial charge on any atom is 0.126 e. The minimum atomic E-state index is -0.498. The fourth-order valence-corrected chi connectivity index (χ4v) is 2.21. The SMILES string of the molecule is COC[C@@H](O)CN[C@@H](C)c1nc2ccccc2n1C. The van der Waals surface area contributed by atoms with E-state index in [1.54, 1.807) is 7.11 Å². The van der Waals surface area contributed by atoms with Crippen molar-refractivity contribution in [3.63, 3.8) is 0 Å². The Morgan fingerprint density at radius 3 is 2.84 bits per heavy atom. The lowest BCUT2D eigenvalue weighted by Crippen LogP contribution is -2.32. The van der Waals surface area contributed by atoms with E-state index in [1.807, 2.05) is 32.2 Å². The van der Waals surface area contributed by atoms with Gasteiger partial charge in [-0.2, -0.15) is 0 Å². The Morgan fingerprint density at radius 1 is 1.42 bits per heavy atom. The van der Waals surface area contributed by atoms with Crippen LogP contribution in [0.25, 0.3) is 11.0 Å². The predicted octanol–water partition coefficient (Wildman–Crippen LogP) is 1.23. The molecule has 1 aromatic carbocycles. The third-order valence-electron chi connectivity index (χ3n) is 3.23. The molecule has 0 unspecified atom stereocenters. The average Bonchev–Trinajstić information content (AvgIpc) is 2.74. The molecule has 0 aliphatic carbocycles. The molecule has 0 spiro atoms. The van der Waals surface area contributed by atoms with E-state index in [4.69, 9.17) is 4.74 Å². The molecule has 0 saturated heterocycles. The molecule has 19 heavy (non-hydrogen) atoms. The Morgan fingerprint density at radius 2 is 2.16 bits per heavy atom. The van der Waals surface area contributed by atoms with Crippen LogP contribution in [-0.2, 0) is 11.8 Å². The van der Waals surface area contributed by atoms with Crippen LogP contribution < -0.4 is 5.32 Å². The van der Waals surface area contributed by atoms with E-state index in [2.05, 4.69) is 20.9 Å². The molecule has 2 aromatic rings. The Kier molecular flexibility index (Phi) is 4.52. The largest absolute Gasteiger partial charge is 0.389 e. The molecule has 2 atom stereocenters. The number of nitrogens with zero attached hydrogens (tertiary/aromatic N) is 2. The Hall–Kier alpha value is -1.43. The molecular weight excluding hydrogens is 242 g/mol. The summed E-state index contributed by atoms with van der Waals surface area (Å²) in [7, 11) is 3.59. The van der Waals surface area contributed by atoms with Gasteiger partial charge in [-0.25, -0.2) is 4.98 Å². The van der Waals surface area contributed by atoms with Crippen LogP contribution in [0.4, 0.5) is 0 Å². The van der Waals surface area contributed by atoms with Gasteiger partial charge < -0.3 is 19.7 Å². The molecule has 0 fully saturated rings. The highest BCUT2D eigenvalue weighted by atomic mass is 16.5. The van der Waals surface area contributed by atoms with Crippen LogP contribution in [0.2, 0.25) is 0 Å². The van der Waals surface area contributed by atoms with E-state index < -0.39 is 6.10 Å². The van der Waals surface area contributed by atoms with Crippen molar-refractivity contribution in [3.8, 4) is 0 Å². The highest BCUT2D eigenvalue weighted by Crippen LogP contribution is 2.18. The molecule has 1 heterocycles. The molecule has 0 amide bonds. The molecule has 1 aromatic heterocycles. The molecule has 2 N–H and O–H groups in total. The maximum atomic E-state index is 9.64. The van der Waals surface area contributed by atoms with Crippen molar-refractivity contribution in [2.45, 2.75) is 19.1 Å². The maximum absolute atomic E-state index is 9.64. The van der Waals surface area contributed by atoms with E-state index in [9.17, 15) is 5.11 Å². The summed E-state index contributed by atoms with van der Waals surface area (Å²) in [5, 5.41) is 12.9. The van der Waals surface area contributed by atoms with Gasteiger partial charge in [0.1, 0.15) is 5.82 Å². The number of rotatable bonds is 6. The van der Waals surface area contributed by atoms with E-state index in [1.165, 1.54) is 0 Å². The number of fused-ring (bicyclic) bond motifs is 1. The van der Waals surface area contributed by atoms with Crippen molar-refractivity contribution in [3.05, 3.63) is 30.1 Å². The molecule has 5 nitrogen and oxygen atoms in total. The van der Waals surface area contributed by atoms with Gasteiger partial charge in [-0.05, 0) is 19.1 Å². The van der Waals surface area contributed by atoms with E-state index in [0.29, 0.717) is 13.2 Å². The van der Waals surface area contributed by atoms with Crippen molar-refractivity contribution in [2.75, 3.05) is 20.3 Å². The number of benzene rings is 1. The first kappa shape index (κ1) is 14.0. The van der Waals surface area contributed by atoms with Crippen LogP contribution in [-0.4, -0.2) is 41.0 Å². The Labute approximate surface area is 113 Å². The Bertz CT molecular complexity index is 538. The van der Waals surface area contributed by atoms with Crippen molar-refractivity contribution in [1.29, 1.82) is 0 Å². The minimum Gasteiger partial charge on any atom is -0.389 e. The lowest BCUT2D eigenvalue weighted by molar-refractivity contribution is 0.0628. The van der Waals surface area contributed by atoms with Crippen LogP contribution >= 0.6 is 0 Å². The lowest BCUT2D eigenvalue weighted by Gasteiger charge is -2.16. The molecule has 0 radical (unpaired) electrons. The quantitative estimate of drug-likeness (QED) is 0.823. The first-order valence-electron chi connectivity index (χ1n) is 6.45. The lowest BCUT2D eigenvalue weighted by atomic mass is 10.3. The number of nitrogens with one attached hydrogen (secondary N) is 1. The first-order valence-corrected chi connectivity index (χ1v) is 6.45. The van der Waals surface area contributed by atoms with E-state index in [0.717, 1.165) is 16.9 Å². The molecule has 0 aliphatic rings. The highest BCUT2D eigenvalue weighted by Gasteiger charge is 2.15. The number of ether oxygens (including phenoxy) is 1. The normalized spacial score (nSPS) is 14.7. The standard InChI is InChI=1S/C14H21N3O2/c1-10(15-8-11(18)9-19-3)14-16-12-6-4-5-7-13(12)17(14)2/h4-7,10-11,15,18H,8-9H2,1-3H3/t10-,11-/m0/s1. The topological polar surface area (TPSA) is 59.3 Å². The molecular formula is C14H21N3O2. The highest BCUT2D eigenvalue weighted by molar-refractivity contribution is 5.75. The minimum absolute atomic E-state index is 0.0731. The summed E-state index contributed by atoms with van der Waals surface area (Å²) in [6.07, 6.45) is -0.498. The molecule has 2 rings (SSSR count). The summed E-state index contributed by atoms with van der Waals surface area (Å²) in [6, 6.07) is 8.13. The first-order chi connectivity index (χ1) is 9.13. The van der Waals surface area contributed by atoms with Gasteiger partial charge in [0.2, 0.25) is 0 Å². The number of hydrogen-bond donors (Lipinski definition) is 2. The summed E-state index contributed by atoms with van der Waals surface area (Å²) in [5.74, 6) is 0.964. The van der Waals surface area contributed by atoms with Crippen LogP contribution in [0.3, 0.4) is 0 Å². The van der Waals surface area contributed by atoms with E-state index in [-0.39, 0.29) is 6.04 Å². The fraction of sp³-hybridized carbons (Fsp3) is 0.500. The summed E-state index contributed by atoms with van der Waals surface area (Å²) in [4.78, 5) is 4.62. The van der Waals surface area contributed by atoms with Gasteiger partial charge in [0.25, 0.3) is 0 Å². The van der Waals surface area contributed by atoms with E-state index >= 15 is 0 Å². The van der Waals surface area contributed by atoms with Gasteiger partial charge in [0.15, 0.2) is 0 Å². The zero-order chi connectivity index (χ0) is 13.8. The summed E-state index contributed by atoms with van der Waals surface area (Å²) < 4.78 is 6.98. The van der Waals surface area contributed by atoms with Crippen molar-refractivity contribution in [2.24, 2.45) is 7.05 Å². The number of aliphatic hydroxyl groups is 1. The number of para-hydroxylation sites is 2. The Balaban J connectivity index is 2.09. The second-order valence-electron chi connectivity index (χ2n) is 4.76.